The van der Waals surface area contributed by atoms with Crippen molar-refractivity contribution in [3.63, 3.8) is 0 Å². The molecule has 2 heterocycles. The van der Waals surface area contributed by atoms with Crippen LogP contribution in [0.3, 0.4) is 0 Å². The molecule has 6 heteroatoms. The third-order valence-electron chi connectivity index (χ3n) is 3.28. The summed E-state index contributed by atoms with van der Waals surface area (Å²) in [5.41, 5.74) is -1.07. The van der Waals surface area contributed by atoms with E-state index in [1.165, 1.54) is 7.11 Å². The normalized spacial score (nSPS) is 25.2. The zero-order chi connectivity index (χ0) is 15.3. The zero-order valence-electron chi connectivity index (χ0n) is 13.7. The molecule has 0 unspecified atom stereocenters. The molecule has 1 aliphatic heterocycles. The first-order valence-electron chi connectivity index (χ1n) is 6.89. The first-order valence-corrected chi connectivity index (χ1v) is 6.20. The van der Waals surface area contributed by atoms with Gasteiger partial charge in [0.1, 0.15) is 0 Å². The molecule has 0 bridgehead atoms. The van der Waals surface area contributed by atoms with Gasteiger partial charge in [-0.15, -0.1) is 0 Å². The highest BCUT2D eigenvalue weighted by Crippen LogP contribution is 2.37. The number of hydrogen-bond acceptors (Lipinski definition) is 5. The summed E-state index contributed by atoms with van der Waals surface area (Å²) in [6, 6.07) is 0. The Balaban J connectivity index is 2.42. The molecular formula is C11H18BNO3S. The molecule has 0 saturated carbocycles. The van der Waals surface area contributed by atoms with Gasteiger partial charge in [0.05, 0.1) is 28.8 Å². The number of nitrogens with zero attached hydrogens (tertiary/aromatic N) is 1. The van der Waals surface area contributed by atoms with E-state index in [0.29, 0.717) is 9.97 Å². The van der Waals surface area contributed by atoms with Crippen LogP contribution in [0.15, 0.2) is 0 Å². The number of aryl methyl sites for hydroxylation is 1. The average molecular weight is 258 g/mol. The molecule has 1 aliphatic rings. The fourth-order valence-corrected chi connectivity index (χ4v) is 2.25. The van der Waals surface area contributed by atoms with Crippen LogP contribution in [0, 0.1) is 6.85 Å². The molecule has 0 atom stereocenters. The largest absolute Gasteiger partial charge is 0.507 e. The predicted octanol–water partition coefficient (Wildman–Crippen LogP) is 1.76. The van der Waals surface area contributed by atoms with Crippen molar-refractivity contribution < 1.29 is 18.2 Å². The first kappa shape index (κ1) is 9.36. The maximum atomic E-state index is 7.57. The van der Waals surface area contributed by atoms with Crippen LogP contribution in [-0.2, 0) is 9.31 Å². The predicted molar refractivity (Wildman–Crippen MR) is 69.1 cm³/mol. The SMILES string of the molecule is [2H]C([2H])([2H])c1nc(OC)sc1B1OC(C)(C)C(C)(C)O1. The molecular weight excluding hydrogens is 237 g/mol. The van der Waals surface area contributed by atoms with Gasteiger partial charge in [0.25, 0.3) is 5.19 Å². The molecule has 0 aliphatic carbocycles. The Labute approximate surface area is 111 Å². The molecule has 1 aromatic heterocycles. The van der Waals surface area contributed by atoms with Crippen LogP contribution in [0.25, 0.3) is 0 Å². The second-order valence-corrected chi connectivity index (χ2v) is 5.98. The quantitative estimate of drug-likeness (QED) is 0.758. The fraction of sp³-hybridized carbons (Fsp3) is 0.727. The topological polar surface area (TPSA) is 40.6 Å². The lowest BCUT2D eigenvalue weighted by Crippen LogP contribution is -2.41. The first-order chi connectivity index (χ1) is 8.98. The molecule has 0 N–H and O–H groups in total. The highest BCUT2D eigenvalue weighted by Gasteiger charge is 2.52. The molecule has 0 aromatic carbocycles. The Bertz CT molecular complexity index is 500. The van der Waals surface area contributed by atoms with Crippen molar-refractivity contribution >= 4 is 23.2 Å². The summed E-state index contributed by atoms with van der Waals surface area (Å²) in [6.07, 6.45) is 0. The third-order valence-corrected chi connectivity index (χ3v) is 4.31. The van der Waals surface area contributed by atoms with Gasteiger partial charge in [0, 0.05) is 4.11 Å². The van der Waals surface area contributed by atoms with Crippen LogP contribution in [-0.4, -0.2) is 30.4 Å². The van der Waals surface area contributed by atoms with Crippen molar-refractivity contribution in [1.29, 1.82) is 0 Å². The van der Waals surface area contributed by atoms with Gasteiger partial charge in [0.2, 0.25) is 0 Å². The Morgan fingerprint density at radius 1 is 1.29 bits per heavy atom. The Morgan fingerprint density at radius 2 is 1.88 bits per heavy atom. The van der Waals surface area contributed by atoms with Gasteiger partial charge in [0.15, 0.2) is 0 Å². The summed E-state index contributed by atoms with van der Waals surface area (Å²) >= 11 is 1.14. The van der Waals surface area contributed by atoms with E-state index in [9.17, 15) is 0 Å². The van der Waals surface area contributed by atoms with E-state index >= 15 is 0 Å². The van der Waals surface area contributed by atoms with E-state index in [-0.39, 0.29) is 5.69 Å². The summed E-state index contributed by atoms with van der Waals surface area (Å²) in [5.74, 6) is 0. The Kier molecular flexibility index (Phi) is 2.18. The van der Waals surface area contributed by atoms with Crippen LogP contribution in [0.2, 0.25) is 0 Å². The average Bonchev–Trinajstić information content (AvgIpc) is 2.78. The molecule has 0 amide bonds. The summed E-state index contributed by atoms with van der Waals surface area (Å²) in [7, 11) is 0.715. The van der Waals surface area contributed by atoms with Crippen molar-refractivity contribution in [3.05, 3.63) is 5.69 Å². The molecule has 1 fully saturated rings. The summed E-state index contributed by atoms with van der Waals surface area (Å²) < 4.78 is 40.0. The lowest BCUT2D eigenvalue weighted by atomic mass is 9.86. The van der Waals surface area contributed by atoms with Crippen molar-refractivity contribution in [2.75, 3.05) is 7.11 Å². The Morgan fingerprint density at radius 3 is 2.35 bits per heavy atom. The molecule has 1 saturated heterocycles. The molecule has 17 heavy (non-hydrogen) atoms. The van der Waals surface area contributed by atoms with E-state index in [1.54, 1.807) is 0 Å². The fourth-order valence-electron chi connectivity index (χ4n) is 1.51. The van der Waals surface area contributed by atoms with E-state index in [4.69, 9.17) is 18.2 Å². The van der Waals surface area contributed by atoms with Crippen LogP contribution in [0.1, 0.15) is 37.5 Å². The summed E-state index contributed by atoms with van der Waals surface area (Å²) in [5, 5.41) is 0.292. The van der Waals surface area contributed by atoms with E-state index in [0.717, 1.165) is 11.3 Å². The van der Waals surface area contributed by atoms with Gasteiger partial charge in [-0.05, 0) is 34.5 Å². The minimum absolute atomic E-state index is 0.0159. The third kappa shape index (κ3) is 2.09. The van der Waals surface area contributed by atoms with Crippen LogP contribution in [0.4, 0.5) is 0 Å². The highest BCUT2D eigenvalue weighted by atomic mass is 32.1. The van der Waals surface area contributed by atoms with Crippen LogP contribution in [0.5, 0.6) is 5.19 Å². The van der Waals surface area contributed by atoms with Gasteiger partial charge in [-0.2, -0.15) is 0 Å². The number of methoxy groups -OCH3 is 1. The molecule has 2 rings (SSSR count). The molecule has 94 valence electrons. The molecule has 0 radical (unpaired) electrons. The van der Waals surface area contributed by atoms with Gasteiger partial charge in [-0.25, -0.2) is 4.98 Å². The standard InChI is InChI=1S/C11H18BNO3S/c1-7-8(17-9(13-7)14-6)12-15-10(2,3)11(4,5)16-12/h1-6H3/i1D3. The minimum Gasteiger partial charge on any atom is -0.473 e. The number of hydrogen-bond donors (Lipinski definition) is 0. The van der Waals surface area contributed by atoms with Crippen molar-refractivity contribution in [3.8, 4) is 5.19 Å². The van der Waals surface area contributed by atoms with Gasteiger partial charge >= 0.3 is 7.12 Å². The lowest BCUT2D eigenvalue weighted by molar-refractivity contribution is 0.00578. The maximum absolute atomic E-state index is 7.57. The van der Waals surface area contributed by atoms with E-state index in [2.05, 4.69) is 4.98 Å². The van der Waals surface area contributed by atoms with E-state index in [1.807, 2.05) is 27.7 Å². The number of aromatic nitrogens is 1. The van der Waals surface area contributed by atoms with Gasteiger partial charge in [-0.1, -0.05) is 11.3 Å². The highest BCUT2D eigenvalue weighted by molar-refractivity contribution is 7.23. The maximum Gasteiger partial charge on any atom is 0.507 e. The smallest absolute Gasteiger partial charge is 0.473 e. The second-order valence-electron chi connectivity index (χ2n) is 4.99. The monoisotopic (exact) mass is 258 g/mol. The van der Waals surface area contributed by atoms with Crippen molar-refractivity contribution in [2.45, 2.75) is 45.7 Å². The molecule has 0 spiro atoms. The second kappa shape index (κ2) is 3.97. The van der Waals surface area contributed by atoms with Gasteiger partial charge in [-0.3, -0.25) is 0 Å². The zero-order valence-corrected chi connectivity index (χ0v) is 11.5. The van der Waals surface area contributed by atoms with Crippen molar-refractivity contribution in [2.24, 2.45) is 0 Å². The molecule has 4 nitrogen and oxygen atoms in total. The summed E-state index contributed by atoms with van der Waals surface area (Å²) in [6.45, 7) is 5.34. The minimum atomic E-state index is -2.33. The van der Waals surface area contributed by atoms with E-state index < -0.39 is 25.2 Å². The number of rotatable bonds is 2. The lowest BCUT2D eigenvalue weighted by Gasteiger charge is -2.32. The Hall–Kier alpha value is -0.585. The number of ether oxygens (including phenoxy) is 1. The van der Waals surface area contributed by atoms with Crippen LogP contribution < -0.4 is 9.51 Å². The van der Waals surface area contributed by atoms with Crippen molar-refractivity contribution in [1.82, 2.24) is 4.98 Å². The van der Waals surface area contributed by atoms with Crippen LogP contribution >= 0.6 is 11.3 Å². The molecule has 1 aromatic rings. The number of thiazole rings is 1. The summed E-state index contributed by atoms with van der Waals surface area (Å²) in [4.78, 5) is 4.01. The van der Waals surface area contributed by atoms with Gasteiger partial charge < -0.3 is 14.0 Å².